The Labute approximate surface area is 72.0 Å². The van der Waals surface area contributed by atoms with Crippen molar-refractivity contribution in [3.05, 3.63) is 48.6 Å². The highest BCUT2D eigenvalue weighted by Crippen LogP contribution is 2.25. The van der Waals surface area contributed by atoms with Crippen LogP contribution in [0.1, 0.15) is 5.56 Å². The van der Waals surface area contributed by atoms with Crippen LogP contribution in [0.15, 0.2) is 43.0 Å². The van der Waals surface area contributed by atoms with Crippen LogP contribution >= 0.6 is 0 Å². The van der Waals surface area contributed by atoms with E-state index in [0.717, 1.165) is 11.3 Å². The molecule has 0 saturated heterocycles. The van der Waals surface area contributed by atoms with Crippen molar-refractivity contribution in [3.8, 4) is 5.75 Å². The zero-order valence-electron chi connectivity index (χ0n) is 6.73. The van der Waals surface area contributed by atoms with E-state index in [1.54, 1.807) is 6.08 Å². The molecule has 1 heterocycles. The molecule has 0 N–H and O–H groups in total. The topological polar surface area (TPSA) is 9.23 Å². The maximum atomic E-state index is 5.58. The third-order valence-corrected chi connectivity index (χ3v) is 1.88. The molecule has 1 aliphatic rings. The molecule has 1 aromatic rings. The van der Waals surface area contributed by atoms with Crippen molar-refractivity contribution in [3.63, 3.8) is 0 Å². The summed E-state index contributed by atoms with van der Waals surface area (Å²) in [5, 5.41) is 0. The minimum atomic E-state index is 0.0277. The lowest BCUT2D eigenvalue weighted by Gasteiger charge is -2.17. The summed E-state index contributed by atoms with van der Waals surface area (Å²) in [6.07, 6.45) is 5.87. The van der Waals surface area contributed by atoms with Gasteiger partial charge in [-0.1, -0.05) is 30.9 Å². The number of para-hydroxylation sites is 1. The number of hydrogen-bond donors (Lipinski definition) is 0. The van der Waals surface area contributed by atoms with E-state index in [1.807, 2.05) is 30.3 Å². The van der Waals surface area contributed by atoms with Crippen LogP contribution in [-0.2, 0) is 0 Å². The zero-order chi connectivity index (χ0) is 8.39. The van der Waals surface area contributed by atoms with Crippen LogP contribution in [0.4, 0.5) is 0 Å². The maximum Gasteiger partial charge on any atom is 0.135 e. The Morgan fingerprint density at radius 2 is 2.17 bits per heavy atom. The van der Waals surface area contributed by atoms with Gasteiger partial charge in [-0.2, -0.15) is 0 Å². The van der Waals surface area contributed by atoms with Gasteiger partial charge in [0.1, 0.15) is 11.9 Å². The lowest BCUT2D eigenvalue weighted by molar-refractivity contribution is 0.293. The van der Waals surface area contributed by atoms with Crippen molar-refractivity contribution in [2.24, 2.45) is 0 Å². The first-order valence-electron chi connectivity index (χ1n) is 3.96. The van der Waals surface area contributed by atoms with E-state index >= 15 is 0 Å². The minimum Gasteiger partial charge on any atom is -0.482 e. The molecule has 0 spiro atoms. The maximum absolute atomic E-state index is 5.58. The molecule has 1 aliphatic heterocycles. The van der Waals surface area contributed by atoms with Crippen LogP contribution < -0.4 is 4.74 Å². The average Bonchev–Trinajstić information content (AvgIpc) is 2.17. The van der Waals surface area contributed by atoms with Gasteiger partial charge in [-0.3, -0.25) is 0 Å². The molecule has 1 unspecified atom stereocenters. The normalized spacial score (nSPS) is 19.5. The third kappa shape index (κ3) is 1.14. The van der Waals surface area contributed by atoms with E-state index in [2.05, 4.69) is 12.7 Å². The highest BCUT2D eigenvalue weighted by molar-refractivity contribution is 5.60. The van der Waals surface area contributed by atoms with E-state index in [0.29, 0.717) is 0 Å². The van der Waals surface area contributed by atoms with Gasteiger partial charge in [0, 0.05) is 5.56 Å². The molecule has 12 heavy (non-hydrogen) atoms. The SMILES string of the molecule is C=CC1C=Cc2ccccc2O1. The quantitative estimate of drug-likeness (QED) is 0.571. The first-order valence-corrected chi connectivity index (χ1v) is 3.96. The molecule has 0 aromatic heterocycles. The molecule has 0 aliphatic carbocycles. The Morgan fingerprint density at radius 3 is 3.00 bits per heavy atom. The smallest absolute Gasteiger partial charge is 0.135 e. The van der Waals surface area contributed by atoms with E-state index < -0.39 is 0 Å². The second-order valence-electron chi connectivity index (χ2n) is 2.72. The van der Waals surface area contributed by atoms with Gasteiger partial charge >= 0.3 is 0 Å². The van der Waals surface area contributed by atoms with Crippen LogP contribution in [0.25, 0.3) is 6.08 Å². The Bertz CT molecular complexity index is 326. The number of hydrogen-bond acceptors (Lipinski definition) is 1. The Morgan fingerprint density at radius 1 is 1.33 bits per heavy atom. The second kappa shape index (κ2) is 2.86. The third-order valence-electron chi connectivity index (χ3n) is 1.88. The second-order valence-corrected chi connectivity index (χ2v) is 2.72. The van der Waals surface area contributed by atoms with Crippen LogP contribution in [0, 0.1) is 0 Å². The summed E-state index contributed by atoms with van der Waals surface area (Å²) in [5.41, 5.74) is 1.13. The van der Waals surface area contributed by atoms with Gasteiger partial charge < -0.3 is 4.74 Å². The molecule has 0 amide bonds. The fourth-order valence-corrected chi connectivity index (χ4v) is 1.24. The average molecular weight is 158 g/mol. The molecule has 0 bridgehead atoms. The standard InChI is InChI=1S/C11H10O/c1-2-10-8-7-9-5-3-4-6-11(9)12-10/h2-8,10H,1H2. The van der Waals surface area contributed by atoms with Crippen LogP contribution in [-0.4, -0.2) is 6.10 Å². The summed E-state index contributed by atoms with van der Waals surface area (Å²) in [7, 11) is 0. The Hall–Kier alpha value is -1.50. The number of rotatable bonds is 1. The molecule has 60 valence electrons. The molecule has 1 nitrogen and oxygen atoms in total. The predicted molar refractivity (Wildman–Crippen MR) is 50.1 cm³/mol. The van der Waals surface area contributed by atoms with Crippen molar-refractivity contribution in [1.82, 2.24) is 0 Å². The molecule has 1 heteroatoms. The van der Waals surface area contributed by atoms with Gasteiger partial charge in [0.2, 0.25) is 0 Å². The summed E-state index contributed by atoms with van der Waals surface area (Å²) in [6.45, 7) is 3.68. The molecular weight excluding hydrogens is 148 g/mol. The molecule has 2 rings (SSSR count). The van der Waals surface area contributed by atoms with Crippen LogP contribution in [0.3, 0.4) is 0 Å². The highest BCUT2D eigenvalue weighted by atomic mass is 16.5. The van der Waals surface area contributed by atoms with Gasteiger partial charge in [-0.05, 0) is 18.2 Å². The molecule has 0 fully saturated rings. The molecule has 1 atom stereocenters. The monoisotopic (exact) mass is 158 g/mol. The number of benzene rings is 1. The Balaban J connectivity index is 2.39. The lowest BCUT2D eigenvalue weighted by Crippen LogP contribution is -2.13. The summed E-state index contributed by atoms with van der Waals surface area (Å²) >= 11 is 0. The molecule has 0 radical (unpaired) electrons. The predicted octanol–water partition coefficient (Wildman–Crippen LogP) is 2.65. The fourth-order valence-electron chi connectivity index (χ4n) is 1.24. The van der Waals surface area contributed by atoms with Gasteiger partial charge in [-0.15, -0.1) is 0 Å². The molecule has 1 aromatic carbocycles. The molecular formula is C11H10O. The van der Waals surface area contributed by atoms with Gasteiger partial charge in [0.05, 0.1) is 0 Å². The first kappa shape index (κ1) is 7.17. The summed E-state index contributed by atoms with van der Waals surface area (Å²) in [6, 6.07) is 7.97. The number of ether oxygens (including phenoxy) is 1. The largest absolute Gasteiger partial charge is 0.482 e. The van der Waals surface area contributed by atoms with Crippen LogP contribution in [0.2, 0.25) is 0 Å². The van der Waals surface area contributed by atoms with Gasteiger partial charge in [-0.25, -0.2) is 0 Å². The minimum absolute atomic E-state index is 0.0277. The highest BCUT2D eigenvalue weighted by Gasteiger charge is 2.09. The van der Waals surface area contributed by atoms with Crippen molar-refractivity contribution in [2.45, 2.75) is 6.10 Å². The van der Waals surface area contributed by atoms with Crippen molar-refractivity contribution < 1.29 is 4.74 Å². The van der Waals surface area contributed by atoms with Crippen molar-refractivity contribution >= 4 is 6.08 Å². The number of fused-ring (bicyclic) bond motifs is 1. The molecule has 0 saturated carbocycles. The van der Waals surface area contributed by atoms with Crippen molar-refractivity contribution in [1.29, 1.82) is 0 Å². The van der Waals surface area contributed by atoms with Gasteiger partial charge in [0.25, 0.3) is 0 Å². The fraction of sp³-hybridized carbons (Fsp3) is 0.0909. The van der Waals surface area contributed by atoms with E-state index in [-0.39, 0.29) is 6.10 Å². The van der Waals surface area contributed by atoms with E-state index in [1.165, 1.54) is 0 Å². The summed E-state index contributed by atoms with van der Waals surface area (Å²) < 4.78 is 5.58. The first-order chi connectivity index (χ1) is 5.90. The summed E-state index contributed by atoms with van der Waals surface area (Å²) in [4.78, 5) is 0. The Kier molecular flexibility index (Phi) is 1.71. The van der Waals surface area contributed by atoms with E-state index in [9.17, 15) is 0 Å². The van der Waals surface area contributed by atoms with Crippen molar-refractivity contribution in [2.75, 3.05) is 0 Å². The van der Waals surface area contributed by atoms with Crippen LogP contribution in [0.5, 0.6) is 5.75 Å². The zero-order valence-corrected chi connectivity index (χ0v) is 6.73. The van der Waals surface area contributed by atoms with E-state index in [4.69, 9.17) is 4.74 Å². The lowest BCUT2D eigenvalue weighted by atomic mass is 10.1. The van der Waals surface area contributed by atoms with Gasteiger partial charge in [0.15, 0.2) is 0 Å². The summed E-state index contributed by atoms with van der Waals surface area (Å²) in [5.74, 6) is 0.935.